The van der Waals surface area contributed by atoms with E-state index >= 15 is 0 Å². The van der Waals surface area contributed by atoms with Gasteiger partial charge in [-0.05, 0) is 17.7 Å². The summed E-state index contributed by atoms with van der Waals surface area (Å²) in [6.07, 6.45) is 0. The Hall–Kier alpha value is -1.55. The molecule has 0 radical (unpaired) electrons. The van der Waals surface area contributed by atoms with Gasteiger partial charge in [0.1, 0.15) is 5.75 Å². The summed E-state index contributed by atoms with van der Waals surface area (Å²) in [4.78, 5) is 10.9. The summed E-state index contributed by atoms with van der Waals surface area (Å²) < 4.78 is 9.81. The summed E-state index contributed by atoms with van der Waals surface area (Å²) in [7, 11) is 1.34. The summed E-state index contributed by atoms with van der Waals surface area (Å²) in [5.41, 5.74) is 1.13. The van der Waals surface area contributed by atoms with Crippen molar-refractivity contribution in [3.8, 4) is 5.75 Å². The second kappa shape index (κ2) is 6.91. The molecule has 4 nitrogen and oxygen atoms in total. The van der Waals surface area contributed by atoms with Gasteiger partial charge in [-0.1, -0.05) is 26.0 Å². The molecule has 0 aliphatic heterocycles. The summed E-state index contributed by atoms with van der Waals surface area (Å²) in [5, 5.41) is 3.32. The SMILES string of the molecule is COC(=O)COc1cccc(CNC(C)C)c1. The van der Waals surface area contributed by atoms with Crippen LogP contribution in [0.5, 0.6) is 5.75 Å². The van der Waals surface area contributed by atoms with Crippen LogP contribution in [-0.4, -0.2) is 25.7 Å². The van der Waals surface area contributed by atoms with E-state index in [1.54, 1.807) is 0 Å². The molecule has 0 atom stereocenters. The van der Waals surface area contributed by atoms with Gasteiger partial charge in [0.2, 0.25) is 0 Å². The Morgan fingerprint density at radius 2 is 2.18 bits per heavy atom. The van der Waals surface area contributed by atoms with Crippen molar-refractivity contribution in [3.63, 3.8) is 0 Å². The van der Waals surface area contributed by atoms with E-state index in [9.17, 15) is 4.79 Å². The van der Waals surface area contributed by atoms with E-state index in [1.165, 1.54) is 7.11 Å². The van der Waals surface area contributed by atoms with Gasteiger partial charge < -0.3 is 14.8 Å². The first-order valence-corrected chi connectivity index (χ1v) is 5.63. The average Bonchev–Trinajstić information content (AvgIpc) is 2.34. The fraction of sp³-hybridized carbons (Fsp3) is 0.462. The molecule has 0 aliphatic rings. The fourth-order valence-electron chi connectivity index (χ4n) is 1.27. The van der Waals surface area contributed by atoms with Crippen LogP contribution in [0.1, 0.15) is 19.4 Å². The summed E-state index contributed by atoms with van der Waals surface area (Å²) >= 11 is 0. The monoisotopic (exact) mass is 237 g/mol. The largest absolute Gasteiger partial charge is 0.482 e. The van der Waals surface area contributed by atoms with E-state index in [4.69, 9.17) is 4.74 Å². The van der Waals surface area contributed by atoms with Crippen LogP contribution >= 0.6 is 0 Å². The number of hydrogen-bond acceptors (Lipinski definition) is 4. The van der Waals surface area contributed by atoms with Crippen molar-refractivity contribution >= 4 is 5.97 Å². The van der Waals surface area contributed by atoms with Crippen molar-refractivity contribution in [1.82, 2.24) is 5.32 Å². The maximum Gasteiger partial charge on any atom is 0.343 e. The Kier molecular flexibility index (Phi) is 5.49. The third kappa shape index (κ3) is 5.36. The smallest absolute Gasteiger partial charge is 0.343 e. The first-order chi connectivity index (χ1) is 8.11. The van der Waals surface area contributed by atoms with Gasteiger partial charge in [-0.25, -0.2) is 4.79 Å². The highest BCUT2D eigenvalue weighted by Gasteiger charge is 2.02. The molecule has 1 rings (SSSR count). The van der Waals surface area contributed by atoms with Gasteiger partial charge in [0.25, 0.3) is 0 Å². The van der Waals surface area contributed by atoms with Gasteiger partial charge in [-0.3, -0.25) is 0 Å². The lowest BCUT2D eigenvalue weighted by atomic mass is 10.2. The van der Waals surface area contributed by atoms with Crippen LogP contribution in [0.4, 0.5) is 0 Å². The zero-order valence-electron chi connectivity index (χ0n) is 10.5. The lowest BCUT2D eigenvalue weighted by Crippen LogP contribution is -2.21. The van der Waals surface area contributed by atoms with E-state index in [-0.39, 0.29) is 12.6 Å². The summed E-state index contributed by atoms with van der Waals surface area (Å²) in [6, 6.07) is 8.10. The Labute approximate surface area is 102 Å². The summed E-state index contributed by atoms with van der Waals surface area (Å²) in [6.45, 7) is 4.92. The molecule has 0 aromatic heterocycles. The van der Waals surface area contributed by atoms with E-state index in [2.05, 4.69) is 23.9 Å². The topological polar surface area (TPSA) is 47.6 Å². The van der Waals surface area contributed by atoms with Crippen molar-refractivity contribution in [2.24, 2.45) is 0 Å². The number of esters is 1. The van der Waals surface area contributed by atoms with Gasteiger partial charge in [-0.15, -0.1) is 0 Å². The van der Waals surface area contributed by atoms with Crippen LogP contribution in [0.2, 0.25) is 0 Å². The minimum atomic E-state index is -0.379. The van der Waals surface area contributed by atoms with Gasteiger partial charge in [0.05, 0.1) is 7.11 Å². The molecule has 0 amide bonds. The molecule has 0 bridgehead atoms. The number of ether oxygens (including phenoxy) is 2. The van der Waals surface area contributed by atoms with Crippen molar-refractivity contribution in [1.29, 1.82) is 0 Å². The molecule has 0 aliphatic carbocycles. The molecule has 4 heteroatoms. The molecule has 0 saturated carbocycles. The number of methoxy groups -OCH3 is 1. The highest BCUT2D eigenvalue weighted by atomic mass is 16.6. The Balaban J connectivity index is 2.50. The fourth-order valence-corrected chi connectivity index (χ4v) is 1.27. The lowest BCUT2D eigenvalue weighted by Gasteiger charge is -2.10. The Morgan fingerprint density at radius 1 is 1.41 bits per heavy atom. The molecule has 1 aromatic carbocycles. The minimum absolute atomic E-state index is 0.0580. The van der Waals surface area contributed by atoms with Crippen LogP contribution in [0.3, 0.4) is 0 Å². The zero-order valence-corrected chi connectivity index (χ0v) is 10.5. The second-order valence-electron chi connectivity index (χ2n) is 4.05. The van der Waals surface area contributed by atoms with Crippen LogP contribution in [0.25, 0.3) is 0 Å². The van der Waals surface area contributed by atoms with Gasteiger partial charge in [0, 0.05) is 12.6 Å². The van der Waals surface area contributed by atoms with E-state index in [0.717, 1.165) is 12.1 Å². The van der Waals surface area contributed by atoms with Gasteiger partial charge in [0.15, 0.2) is 6.61 Å². The third-order valence-electron chi connectivity index (χ3n) is 2.20. The van der Waals surface area contributed by atoms with Crippen molar-refractivity contribution < 1.29 is 14.3 Å². The van der Waals surface area contributed by atoms with E-state index in [0.29, 0.717) is 11.8 Å². The number of benzene rings is 1. The number of nitrogens with one attached hydrogen (secondary N) is 1. The second-order valence-corrected chi connectivity index (χ2v) is 4.05. The maximum absolute atomic E-state index is 10.9. The molecule has 0 heterocycles. The van der Waals surface area contributed by atoms with Crippen LogP contribution in [0.15, 0.2) is 24.3 Å². The lowest BCUT2D eigenvalue weighted by molar-refractivity contribution is -0.142. The minimum Gasteiger partial charge on any atom is -0.482 e. The van der Waals surface area contributed by atoms with Crippen molar-refractivity contribution in [3.05, 3.63) is 29.8 Å². The standard InChI is InChI=1S/C13H19NO3/c1-10(2)14-8-11-5-4-6-12(7-11)17-9-13(15)16-3/h4-7,10,14H,8-9H2,1-3H3. The highest BCUT2D eigenvalue weighted by molar-refractivity contribution is 5.70. The zero-order chi connectivity index (χ0) is 12.7. The Morgan fingerprint density at radius 3 is 2.82 bits per heavy atom. The van der Waals surface area contributed by atoms with Crippen molar-refractivity contribution in [2.75, 3.05) is 13.7 Å². The highest BCUT2D eigenvalue weighted by Crippen LogP contribution is 2.13. The molecular weight excluding hydrogens is 218 g/mol. The molecule has 0 saturated heterocycles. The number of hydrogen-bond donors (Lipinski definition) is 1. The number of carbonyl (C=O) groups excluding carboxylic acids is 1. The predicted molar refractivity (Wildman–Crippen MR) is 65.9 cm³/mol. The molecule has 1 N–H and O–H groups in total. The number of rotatable bonds is 6. The molecule has 17 heavy (non-hydrogen) atoms. The molecule has 0 fully saturated rings. The van der Waals surface area contributed by atoms with Crippen molar-refractivity contribution in [2.45, 2.75) is 26.4 Å². The Bertz CT molecular complexity index is 363. The van der Waals surface area contributed by atoms with E-state index < -0.39 is 0 Å². The normalized spacial score (nSPS) is 10.4. The van der Waals surface area contributed by atoms with Crippen LogP contribution in [-0.2, 0) is 16.1 Å². The predicted octanol–water partition coefficient (Wildman–Crippen LogP) is 1.74. The van der Waals surface area contributed by atoms with Crippen LogP contribution < -0.4 is 10.1 Å². The van der Waals surface area contributed by atoms with Gasteiger partial charge in [-0.2, -0.15) is 0 Å². The molecule has 94 valence electrons. The molecule has 0 spiro atoms. The maximum atomic E-state index is 10.9. The quantitative estimate of drug-likeness (QED) is 0.765. The third-order valence-corrected chi connectivity index (χ3v) is 2.20. The first kappa shape index (κ1) is 13.5. The van der Waals surface area contributed by atoms with Gasteiger partial charge >= 0.3 is 5.97 Å². The first-order valence-electron chi connectivity index (χ1n) is 5.63. The molecule has 0 unspecified atom stereocenters. The summed E-state index contributed by atoms with van der Waals surface area (Å²) in [5.74, 6) is 0.300. The van der Waals surface area contributed by atoms with E-state index in [1.807, 2.05) is 24.3 Å². The average molecular weight is 237 g/mol. The van der Waals surface area contributed by atoms with Crippen LogP contribution in [0, 0.1) is 0 Å². The molecule has 1 aromatic rings. The number of carbonyl (C=O) groups is 1. The molecular formula is C13H19NO3.